The van der Waals surface area contributed by atoms with Gasteiger partial charge in [-0.2, -0.15) is 4.98 Å². The summed E-state index contributed by atoms with van der Waals surface area (Å²) in [4.78, 5) is 23.2. The van der Waals surface area contributed by atoms with Gasteiger partial charge < -0.3 is 15.4 Å². The van der Waals surface area contributed by atoms with Crippen molar-refractivity contribution in [2.45, 2.75) is 13.0 Å². The predicted molar refractivity (Wildman–Crippen MR) is 124 cm³/mol. The fraction of sp³-hybridized carbons (Fsp3) is 0.130. The van der Waals surface area contributed by atoms with E-state index in [1.807, 2.05) is 60.8 Å². The Morgan fingerprint density at radius 3 is 2.72 bits per heavy atom. The Labute approximate surface area is 188 Å². The molecule has 4 aromatic rings. The second-order valence-corrected chi connectivity index (χ2v) is 8.15. The number of benzene rings is 1. The largest absolute Gasteiger partial charge is 0.495 e. The van der Waals surface area contributed by atoms with Gasteiger partial charge in [0.25, 0.3) is 5.91 Å². The highest BCUT2D eigenvalue weighted by atomic mass is 32.1. The van der Waals surface area contributed by atoms with Crippen molar-refractivity contribution >= 4 is 28.9 Å². The Balaban J connectivity index is 1.57. The van der Waals surface area contributed by atoms with Gasteiger partial charge in [0.2, 0.25) is 5.95 Å². The third-order valence-electron chi connectivity index (χ3n) is 5.20. The number of pyridine rings is 1. The second-order valence-electron chi connectivity index (χ2n) is 7.18. The SMILES string of the molecule is COc1ccccc1NC(=O)C1=C(C)Nc2nc(-c3ccncc3)nn2[C@H]1c1cccs1. The van der Waals surface area contributed by atoms with Crippen molar-refractivity contribution in [1.29, 1.82) is 0 Å². The van der Waals surface area contributed by atoms with Crippen LogP contribution in [0, 0.1) is 0 Å². The molecule has 4 heterocycles. The molecule has 1 aliphatic rings. The lowest BCUT2D eigenvalue weighted by molar-refractivity contribution is -0.113. The third-order valence-corrected chi connectivity index (χ3v) is 6.13. The van der Waals surface area contributed by atoms with E-state index in [1.165, 1.54) is 0 Å². The van der Waals surface area contributed by atoms with Crippen molar-refractivity contribution in [2.75, 3.05) is 17.7 Å². The topological polar surface area (TPSA) is 94.0 Å². The Bertz CT molecular complexity index is 1300. The number of amides is 1. The van der Waals surface area contributed by atoms with Crippen LogP contribution in [0.2, 0.25) is 0 Å². The van der Waals surface area contributed by atoms with Crippen LogP contribution in [-0.2, 0) is 4.79 Å². The second kappa shape index (κ2) is 8.27. The van der Waals surface area contributed by atoms with Crippen molar-refractivity contribution in [3.8, 4) is 17.1 Å². The highest BCUT2D eigenvalue weighted by Gasteiger charge is 2.35. The van der Waals surface area contributed by atoms with E-state index in [4.69, 9.17) is 9.84 Å². The number of hydrogen-bond acceptors (Lipinski definition) is 7. The number of para-hydroxylation sites is 2. The van der Waals surface area contributed by atoms with Crippen molar-refractivity contribution in [3.63, 3.8) is 0 Å². The molecule has 3 aromatic heterocycles. The molecule has 32 heavy (non-hydrogen) atoms. The monoisotopic (exact) mass is 444 g/mol. The van der Waals surface area contributed by atoms with Gasteiger partial charge in [0.15, 0.2) is 5.82 Å². The molecule has 5 rings (SSSR count). The Hall–Kier alpha value is -3.98. The molecule has 2 N–H and O–H groups in total. The molecule has 1 atom stereocenters. The Morgan fingerprint density at radius 1 is 1.16 bits per heavy atom. The number of methoxy groups -OCH3 is 1. The zero-order valence-electron chi connectivity index (χ0n) is 17.4. The quantitative estimate of drug-likeness (QED) is 0.476. The van der Waals surface area contributed by atoms with Crippen LogP contribution in [-0.4, -0.2) is 32.8 Å². The minimum atomic E-state index is -0.413. The van der Waals surface area contributed by atoms with Crippen LogP contribution in [0.1, 0.15) is 17.8 Å². The van der Waals surface area contributed by atoms with Crippen molar-refractivity contribution in [3.05, 3.63) is 82.5 Å². The summed E-state index contributed by atoms with van der Waals surface area (Å²) in [7, 11) is 1.58. The number of allylic oxidation sites excluding steroid dienone is 1. The van der Waals surface area contributed by atoms with Crippen LogP contribution >= 0.6 is 11.3 Å². The normalized spacial score (nSPS) is 15.1. The number of carbonyl (C=O) groups excluding carboxylic acids is 1. The zero-order valence-corrected chi connectivity index (χ0v) is 18.3. The summed E-state index contributed by atoms with van der Waals surface area (Å²) in [6, 6.07) is 14.6. The number of rotatable bonds is 5. The maximum atomic E-state index is 13.5. The number of nitrogens with zero attached hydrogens (tertiary/aromatic N) is 4. The summed E-state index contributed by atoms with van der Waals surface area (Å²) in [5.41, 5.74) is 2.74. The maximum Gasteiger partial charge on any atom is 0.256 e. The van der Waals surface area contributed by atoms with Gasteiger partial charge in [0.1, 0.15) is 11.8 Å². The molecule has 0 unspecified atom stereocenters. The van der Waals surface area contributed by atoms with Crippen LogP contribution in [0.4, 0.5) is 11.6 Å². The number of nitrogens with one attached hydrogen (secondary N) is 2. The molecule has 0 saturated carbocycles. The van der Waals surface area contributed by atoms with Crippen molar-refractivity contribution < 1.29 is 9.53 Å². The third kappa shape index (κ3) is 3.52. The number of ether oxygens (including phenoxy) is 1. The number of carbonyl (C=O) groups is 1. The summed E-state index contributed by atoms with van der Waals surface area (Å²) in [5, 5.41) is 13.0. The molecule has 1 aliphatic heterocycles. The molecular formula is C23H20N6O2S. The molecule has 0 fully saturated rings. The van der Waals surface area contributed by atoms with Gasteiger partial charge in [-0.1, -0.05) is 18.2 Å². The van der Waals surface area contributed by atoms with E-state index in [0.717, 1.165) is 16.1 Å². The first-order valence-corrected chi connectivity index (χ1v) is 10.9. The van der Waals surface area contributed by atoms with E-state index in [9.17, 15) is 4.79 Å². The summed E-state index contributed by atoms with van der Waals surface area (Å²) < 4.78 is 7.16. The lowest BCUT2D eigenvalue weighted by Crippen LogP contribution is -2.31. The Morgan fingerprint density at radius 2 is 1.97 bits per heavy atom. The highest BCUT2D eigenvalue weighted by Crippen LogP contribution is 2.38. The number of aromatic nitrogens is 4. The number of fused-ring (bicyclic) bond motifs is 1. The summed E-state index contributed by atoms with van der Waals surface area (Å²) >= 11 is 1.57. The lowest BCUT2D eigenvalue weighted by Gasteiger charge is -2.27. The average Bonchev–Trinajstić information content (AvgIpc) is 3.49. The highest BCUT2D eigenvalue weighted by molar-refractivity contribution is 7.10. The minimum Gasteiger partial charge on any atom is -0.495 e. The van der Waals surface area contributed by atoms with E-state index in [1.54, 1.807) is 35.5 Å². The van der Waals surface area contributed by atoms with E-state index >= 15 is 0 Å². The lowest BCUT2D eigenvalue weighted by atomic mass is 10.0. The van der Waals surface area contributed by atoms with Gasteiger partial charge in [0.05, 0.1) is 18.4 Å². The fourth-order valence-electron chi connectivity index (χ4n) is 3.72. The first-order valence-electron chi connectivity index (χ1n) is 9.98. The van der Waals surface area contributed by atoms with Gasteiger partial charge in [0, 0.05) is 28.5 Å². The average molecular weight is 445 g/mol. The van der Waals surface area contributed by atoms with Gasteiger partial charge in [-0.05, 0) is 42.6 Å². The first kappa shape index (κ1) is 20.0. The minimum absolute atomic E-state index is 0.232. The molecule has 9 heteroatoms. The first-order chi connectivity index (χ1) is 15.7. The summed E-state index contributed by atoms with van der Waals surface area (Å²) in [5.74, 6) is 1.51. The van der Waals surface area contributed by atoms with E-state index in [0.29, 0.717) is 28.8 Å². The molecule has 0 saturated heterocycles. The summed E-state index contributed by atoms with van der Waals surface area (Å²) in [6.45, 7) is 1.88. The fourth-order valence-corrected chi connectivity index (χ4v) is 4.53. The maximum absolute atomic E-state index is 13.5. The van der Waals surface area contributed by atoms with Gasteiger partial charge >= 0.3 is 0 Å². The van der Waals surface area contributed by atoms with Gasteiger partial charge in [-0.25, -0.2) is 4.68 Å². The Kier molecular flexibility index (Phi) is 5.16. The van der Waals surface area contributed by atoms with Crippen LogP contribution in [0.25, 0.3) is 11.4 Å². The van der Waals surface area contributed by atoms with Gasteiger partial charge in [-0.15, -0.1) is 16.4 Å². The van der Waals surface area contributed by atoms with E-state index in [2.05, 4.69) is 20.6 Å². The van der Waals surface area contributed by atoms with Crippen LogP contribution in [0.3, 0.4) is 0 Å². The van der Waals surface area contributed by atoms with Crippen molar-refractivity contribution in [1.82, 2.24) is 19.7 Å². The molecule has 8 nitrogen and oxygen atoms in total. The van der Waals surface area contributed by atoms with Crippen LogP contribution in [0.5, 0.6) is 5.75 Å². The molecule has 0 radical (unpaired) electrons. The van der Waals surface area contributed by atoms with E-state index < -0.39 is 6.04 Å². The van der Waals surface area contributed by atoms with Crippen LogP contribution in [0.15, 0.2) is 77.6 Å². The number of anilines is 2. The predicted octanol–water partition coefficient (Wildman–Crippen LogP) is 4.34. The molecule has 0 aliphatic carbocycles. The molecule has 1 amide bonds. The molecule has 160 valence electrons. The standard InChI is InChI=1S/C23H20N6O2S/c1-14-19(22(30)26-16-6-3-4-7-17(16)31-2)20(18-8-5-13-32-18)29-23(25-14)27-21(28-29)15-9-11-24-12-10-15/h3-13,20H,1-2H3,(H,26,30)(H,25,27,28)/t20-/m0/s1. The molecule has 1 aromatic carbocycles. The molecular weight excluding hydrogens is 424 g/mol. The van der Waals surface area contributed by atoms with Crippen molar-refractivity contribution in [2.24, 2.45) is 0 Å². The smallest absolute Gasteiger partial charge is 0.256 e. The van der Waals surface area contributed by atoms with Crippen LogP contribution < -0.4 is 15.4 Å². The molecule has 0 bridgehead atoms. The van der Waals surface area contributed by atoms with Gasteiger partial charge in [-0.3, -0.25) is 9.78 Å². The number of thiophene rings is 1. The molecule has 0 spiro atoms. The van der Waals surface area contributed by atoms with E-state index in [-0.39, 0.29) is 5.91 Å². The zero-order chi connectivity index (χ0) is 22.1. The number of hydrogen-bond donors (Lipinski definition) is 2. The summed E-state index contributed by atoms with van der Waals surface area (Å²) in [6.07, 6.45) is 3.41.